The van der Waals surface area contributed by atoms with Gasteiger partial charge >= 0.3 is 0 Å². The lowest BCUT2D eigenvalue weighted by atomic mass is 10.3. The number of hydrogen-bond acceptors (Lipinski definition) is 5. The van der Waals surface area contributed by atoms with Crippen molar-refractivity contribution in [2.75, 3.05) is 37.1 Å². The molecule has 0 aliphatic heterocycles. The number of anilines is 1. The van der Waals surface area contributed by atoms with E-state index in [1.807, 2.05) is 13.2 Å². The van der Waals surface area contributed by atoms with Crippen molar-refractivity contribution in [2.45, 2.75) is 19.4 Å². The highest BCUT2D eigenvalue weighted by Gasteiger charge is 2.06. The number of thioether (sulfide) groups is 1. The number of hydrogen-bond donors (Lipinski definition) is 2. The highest BCUT2D eigenvalue weighted by atomic mass is 32.2. The first-order valence-electron chi connectivity index (χ1n) is 6.93. The van der Waals surface area contributed by atoms with Gasteiger partial charge < -0.3 is 19.9 Å². The third-order valence-electron chi connectivity index (χ3n) is 2.63. The Hall–Kier alpha value is -1.24. The van der Waals surface area contributed by atoms with Gasteiger partial charge in [-0.15, -0.1) is 0 Å². The van der Waals surface area contributed by atoms with Crippen molar-refractivity contribution in [3.63, 3.8) is 0 Å². The van der Waals surface area contributed by atoms with Crippen LogP contribution < -0.4 is 10.1 Å². The van der Waals surface area contributed by atoms with Crippen molar-refractivity contribution in [3.8, 4) is 5.75 Å². The predicted molar refractivity (Wildman–Crippen MR) is 86.1 cm³/mol. The Kier molecular flexibility index (Phi) is 8.89. The van der Waals surface area contributed by atoms with Crippen LogP contribution in [0.2, 0.25) is 0 Å². The summed E-state index contributed by atoms with van der Waals surface area (Å²) in [5.41, 5.74) is 0.739. The summed E-state index contributed by atoms with van der Waals surface area (Å²) in [6, 6.07) is 7.08. The number of amides is 1. The largest absolute Gasteiger partial charge is 0.491 e. The molecule has 118 valence electrons. The molecule has 0 radical (unpaired) electrons. The Bertz CT molecular complexity index is 411. The van der Waals surface area contributed by atoms with Crippen LogP contribution in [0.15, 0.2) is 24.3 Å². The maximum Gasteiger partial charge on any atom is 0.225 e. The van der Waals surface area contributed by atoms with E-state index in [2.05, 4.69) is 5.32 Å². The molecule has 1 rings (SSSR count). The molecule has 5 nitrogen and oxygen atoms in total. The lowest BCUT2D eigenvalue weighted by molar-refractivity contribution is -0.115. The van der Waals surface area contributed by atoms with E-state index in [1.165, 1.54) is 0 Å². The third kappa shape index (κ3) is 7.94. The van der Waals surface area contributed by atoms with Gasteiger partial charge in [-0.05, 0) is 37.4 Å². The average molecular weight is 313 g/mol. The van der Waals surface area contributed by atoms with Crippen LogP contribution in [0.3, 0.4) is 0 Å². The zero-order chi connectivity index (χ0) is 15.5. The minimum atomic E-state index is -0.643. The van der Waals surface area contributed by atoms with E-state index in [-0.39, 0.29) is 19.1 Å². The molecular weight excluding hydrogens is 290 g/mol. The molecule has 0 unspecified atom stereocenters. The van der Waals surface area contributed by atoms with E-state index in [9.17, 15) is 9.90 Å². The van der Waals surface area contributed by atoms with Gasteiger partial charge in [0, 0.05) is 24.5 Å². The molecule has 2 N–H and O–H groups in total. The molecule has 0 bridgehead atoms. The second-order valence-corrected chi connectivity index (χ2v) is 5.43. The molecule has 0 aliphatic rings. The fourth-order valence-electron chi connectivity index (χ4n) is 1.55. The second kappa shape index (κ2) is 10.5. The number of carbonyl (C=O) groups is 1. The van der Waals surface area contributed by atoms with Crippen LogP contribution in [-0.4, -0.2) is 48.9 Å². The molecule has 0 heterocycles. The molecule has 0 saturated heterocycles. The molecule has 1 amide bonds. The van der Waals surface area contributed by atoms with E-state index < -0.39 is 6.10 Å². The first-order chi connectivity index (χ1) is 10.2. The third-order valence-corrected chi connectivity index (χ3v) is 3.24. The van der Waals surface area contributed by atoms with Crippen LogP contribution in [0, 0.1) is 0 Å². The molecule has 0 aromatic heterocycles. The fraction of sp³-hybridized carbons (Fsp3) is 0.533. The minimum Gasteiger partial charge on any atom is -0.491 e. The summed E-state index contributed by atoms with van der Waals surface area (Å²) in [7, 11) is 0. The molecule has 0 fully saturated rings. The molecule has 1 atom stereocenters. The smallest absolute Gasteiger partial charge is 0.225 e. The average Bonchev–Trinajstić information content (AvgIpc) is 2.50. The summed E-state index contributed by atoms with van der Waals surface area (Å²) in [6.45, 7) is 2.89. The van der Waals surface area contributed by atoms with Crippen molar-refractivity contribution in [1.29, 1.82) is 0 Å². The SMILES string of the molecule is CCOC[C@H](O)COc1ccc(NC(=O)CCSC)cc1. The van der Waals surface area contributed by atoms with Crippen LogP contribution in [0.1, 0.15) is 13.3 Å². The Morgan fingerprint density at radius 2 is 2.05 bits per heavy atom. The van der Waals surface area contributed by atoms with Crippen LogP contribution in [0.4, 0.5) is 5.69 Å². The summed E-state index contributed by atoms with van der Waals surface area (Å²) < 4.78 is 10.5. The number of ether oxygens (including phenoxy) is 2. The summed E-state index contributed by atoms with van der Waals surface area (Å²) in [6.07, 6.45) is 1.83. The number of benzene rings is 1. The van der Waals surface area contributed by atoms with E-state index in [1.54, 1.807) is 36.0 Å². The van der Waals surface area contributed by atoms with E-state index in [0.717, 1.165) is 11.4 Å². The van der Waals surface area contributed by atoms with E-state index in [0.29, 0.717) is 18.8 Å². The Morgan fingerprint density at radius 3 is 2.67 bits per heavy atom. The van der Waals surface area contributed by atoms with Gasteiger partial charge in [0.25, 0.3) is 0 Å². The van der Waals surface area contributed by atoms with Gasteiger partial charge in [-0.3, -0.25) is 4.79 Å². The van der Waals surface area contributed by atoms with Crippen LogP contribution in [0.5, 0.6) is 5.75 Å². The van der Waals surface area contributed by atoms with E-state index >= 15 is 0 Å². The highest BCUT2D eigenvalue weighted by molar-refractivity contribution is 7.98. The van der Waals surface area contributed by atoms with Gasteiger partial charge in [-0.2, -0.15) is 11.8 Å². The normalized spacial score (nSPS) is 12.0. The molecular formula is C15H23NO4S. The summed E-state index contributed by atoms with van der Waals surface area (Å²) >= 11 is 1.64. The summed E-state index contributed by atoms with van der Waals surface area (Å²) in [4.78, 5) is 11.6. The molecule has 1 aromatic carbocycles. The van der Waals surface area contributed by atoms with Crippen LogP contribution in [-0.2, 0) is 9.53 Å². The first kappa shape index (κ1) is 17.8. The lowest BCUT2D eigenvalue weighted by Gasteiger charge is -2.12. The van der Waals surface area contributed by atoms with Gasteiger partial charge in [-0.25, -0.2) is 0 Å². The maximum absolute atomic E-state index is 11.6. The number of aliphatic hydroxyl groups is 1. The summed E-state index contributed by atoms with van der Waals surface area (Å²) in [5, 5.41) is 12.4. The van der Waals surface area contributed by atoms with Gasteiger partial charge in [-0.1, -0.05) is 0 Å². The zero-order valence-corrected chi connectivity index (χ0v) is 13.3. The molecule has 0 saturated carbocycles. The Labute approximate surface area is 130 Å². The number of carbonyl (C=O) groups excluding carboxylic acids is 1. The monoisotopic (exact) mass is 313 g/mol. The summed E-state index contributed by atoms with van der Waals surface area (Å²) in [5.74, 6) is 1.46. The van der Waals surface area contributed by atoms with Crippen molar-refractivity contribution >= 4 is 23.4 Å². The predicted octanol–water partition coefficient (Wildman–Crippen LogP) is 2.15. The van der Waals surface area contributed by atoms with Crippen molar-refractivity contribution in [2.24, 2.45) is 0 Å². The Balaban J connectivity index is 2.34. The number of nitrogens with one attached hydrogen (secondary N) is 1. The van der Waals surface area contributed by atoms with Crippen molar-refractivity contribution in [3.05, 3.63) is 24.3 Å². The standard InChI is InChI=1S/C15H23NO4S/c1-3-19-10-13(17)11-20-14-6-4-12(5-7-14)16-15(18)8-9-21-2/h4-7,13,17H,3,8-11H2,1-2H3,(H,16,18)/t13-/m0/s1. The van der Waals surface area contributed by atoms with Gasteiger partial charge in [0.05, 0.1) is 6.61 Å². The molecule has 21 heavy (non-hydrogen) atoms. The van der Waals surface area contributed by atoms with Crippen LogP contribution >= 0.6 is 11.8 Å². The zero-order valence-electron chi connectivity index (χ0n) is 12.5. The quantitative estimate of drug-likeness (QED) is 0.693. The van der Waals surface area contributed by atoms with E-state index in [4.69, 9.17) is 9.47 Å². The topological polar surface area (TPSA) is 67.8 Å². The van der Waals surface area contributed by atoms with Gasteiger partial charge in [0.15, 0.2) is 0 Å². The lowest BCUT2D eigenvalue weighted by Crippen LogP contribution is -2.23. The Morgan fingerprint density at radius 1 is 1.33 bits per heavy atom. The second-order valence-electron chi connectivity index (χ2n) is 4.44. The molecule has 6 heteroatoms. The molecule has 0 aliphatic carbocycles. The highest BCUT2D eigenvalue weighted by Crippen LogP contribution is 2.16. The first-order valence-corrected chi connectivity index (χ1v) is 8.32. The van der Waals surface area contributed by atoms with Crippen LogP contribution in [0.25, 0.3) is 0 Å². The molecule has 1 aromatic rings. The number of rotatable bonds is 10. The van der Waals surface area contributed by atoms with Crippen molar-refractivity contribution < 1.29 is 19.4 Å². The van der Waals surface area contributed by atoms with Gasteiger partial charge in [0.2, 0.25) is 5.91 Å². The fourth-order valence-corrected chi connectivity index (χ4v) is 1.94. The maximum atomic E-state index is 11.6. The van der Waals surface area contributed by atoms with Gasteiger partial charge in [0.1, 0.15) is 18.5 Å². The molecule has 0 spiro atoms. The van der Waals surface area contributed by atoms with Crippen molar-refractivity contribution in [1.82, 2.24) is 0 Å². The number of aliphatic hydroxyl groups excluding tert-OH is 1. The minimum absolute atomic E-state index is 0.00477.